The highest BCUT2D eigenvalue weighted by atomic mass is 35.5. The molecule has 102 valence electrons. The van der Waals surface area contributed by atoms with E-state index in [4.69, 9.17) is 28.3 Å². The number of aliphatic carboxylic acids is 1. The van der Waals surface area contributed by atoms with Crippen molar-refractivity contribution >= 4 is 51.5 Å². The highest BCUT2D eigenvalue weighted by Gasteiger charge is 2.17. The van der Waals surface area contributed by atoms with Crippen LogP contribution in [0.3, 0.4) is 0 Å². The van der Waals surface area contributed by atoms with Gasteiger partial charge in [0.2, 0.25) is 0 Å². The second-order valence-corrected chi connectivity index (χ2v) is 5.74. The molecule has 1 N–H and O–H groups in total. The van der Waals surface area contributed by atoms with Gasteiger partial charge in [-0.1, -0.05) is 23.2 Å². The van der Waals surface area contributed by atoms with Crippen molar-refractivity contribution in [1.82, 2.24) is 14.5 Å². The molecule has 8 heteroatoms. The first-order valence-corrected chi connectivity index (χ1v) is 7.16. The summed E-state index contributed by atoms with van der Waals surface area (Å²) in [6.07, 6.45) is 1.65. The molecular weight excluding hydrogens is 321 g/mol. The Hall–Kier alpha value is -1.63. The van der Waals surface area contributed by atoms with E-state index in [1.165, 1.54) is 11.3 Å². The van der Waals surface area contributed by atoms with Crippen LogP contribution in [0.5, 0.6) is 0 Å². The second kappa shape index (κ2) is 5.05. The number of carbonyl (C=O) groups is 1. The van der Waals surface area contributed by atoms with Gasteiger partial charge in [0.15, 0.2) is 5.82 Å². The highest BCUT2D eigenvalue weighted by Crippen LogP contribution is 2.32. The first kappa shape index (κ1) is 13.4. The third-order valence-corrected chi connectivity index (χ3v) is 4.23. The van der Waals surface area contributed by atoms with Gasteiger partial charge >= 0.3 is 5.97 Å². The van der Waals surface area contributed by atoms with Gasteiger partial charge in [-0.2, -0.15) is 0 Å². The van der Waals surface area contributed by atoms with Crippen LogP contribution >= 0.6 is 34.5 Å². The molecule has 0 aliphatic rings. The average Bonchev–Trinajstić information content (AvgIpc) is 2.99. The number of carboxylic acids is 1. The quantitative estimate of drug-likeness (QED) is 0.798. The molecule has 5 nitrogen and oxygen atoms in total. The standard InChI is InChI=1S/C12H7Cl2N3O2S/c13-6-1-8-9(2-7(6)14)17(4-11(18)19)12(16-8)10-3-15-5-20-10/h1-3,5H,4H2,(H,18,19). The number of benzene rings is 1. The molecular formula is C12H7Cl2N3O2S. The Morgan fingerprint density at radius 1 is 1.35 bits per heavy atom. The molecule has 0 atom stereocenters. The normalized spacial score (nSPS) is 11.1. The van der Waals surface area contributed by atoms with Crippen LogP contribution in [-0.4, -0.2) is 25.6 Å². The number of thiazole rings is 1. The molecule has 20 heavy (non-hydrogen) atoms. The van der Waals surface area contributed by atoms with Gasteiger partial charge in [0, 0.05) is 6.20 Å². The number of fused-ring (bicyclic) bond motifs is 1. The summed E-state index contributed by atoms with van der Waals surface area (Å²) in [5.74, 6) is -0.413. The summed E-state index contributed by atoms with van der Waals surface area (Å²) in [7, 11) is 0. The maximum Gasteiger partial charge on any atom is 0.323 e. The fraction of sp³-hybridized carbons (Fsp3) is 0.0833. The number of carboxylic acid groups (broad SMARTS) is 1. The fourth-order valence-corrected chi connectivity index (χ4v) is 2.86. The molecule has 0 aliphatic carbocycles. The molecule has 0 fully saturated rings. The minimum atomic E-state index is -0.957. The zero-order valence-corrected chi connectivity index (χ0v) is 12.2. The van der Waals surface area contributed by atoms with E-state index in [2.05, 4.69) is 9.97 Å². The lowest BCUT2D eigenvalue weighted by atomic mass is 10.3. The maximum atomic E-state index is 11.1. The number of hydrogen-bond donors (Lipinski definition) is 1. The molecule has 2 heterocycles. The van der Waals surface area contributed by atoms with Crippen molar-refractivity contribution in [2.45, 2.75) is 6.54 Å². The van der Waals surface area contributed by atoms with E-state index >= 15 is 0 Å². The summed E-state index contributed by atoms with van der Waals surface area (Å²) in [5.41, 5.74) is 2.90. The van der Waals surface area contributed by atoms with Gasteiger partial charge in [0.05, 0.1) is 31.5 Å². The summed E-state index contributed by atoms with van der Waals surface area (Å²) in [6.45, 7) is -0.207. The Balaban J connectivity index is 2.30. The Bertz CT molecular complexity index is 799. The summed E-state index contributed by atoms with van der Waals surface area (Å²) in [6, 6.07) is 3.25. The lowest BCUT2D eigenvalue weighted by Gasteiger charge is -2.04. The van der Waals surface area contributed by atoms with Crippen LogP contribution in [0.1, 0.15) is 0 Å². The van der Waals surface area contributed by atoms with Crippen molar-refractivity contribution in [3.63, 3.8) is 0 Å². The van der Waals surface area contributed by atoms with Gasteiger partial charge < -0.3 is 9.67 Å². The molecule has 2 aromatic heterocycles. The van der Waals surface area contributed by atoms with E-state index in [0.29, 0.717) is 26.9 Å². The van der Waals surface area contributed by atoms with Crippen molar-refractivity contribution in [2.75, 3.05) is 0 Å². The predicted octanol–water partition coefficient (Wildman–Crippen LogP) is 3.55. The van der Waals surface area contributed by atoms with Crippen LogP contribution in [0.4, 0.5) is 0 Å². The topological polar surface area (TPSA) is 68.0 Å². The third-order valence-electron chi connectivity index (χ3n) is 2.74. The molecule has 0 saturated carbocycles. The Morgan fingerprint density at radius 2 is 2.10 bits per heavy atom. The van der Waals surface area contributed by atoms with Crippen LogP contribution in [0.2, 0.25) is 10.0 Å². The molecule has 0 aliphatic heterocycles. The highest BCUT2D eigenvalue weighted by molar-refractivity contribution is 7.13. The molecule has 0 bridgehead atoms. The monoisotopic (exact) mass is 327 g/mol. The van der Waals surface area contributed by atoms with Crippen molar-refractivity contribution < 1.29 is 9.90 Å². The van der Waals surface area contributed by atoms with E-state index < -0.39 is 5.97 Å². The number of rotatable bonds is 3. The van der Waals surface area contributed by atoms with Crippen LogP contribution in [-0.2, 0) is 11.3 Å². The molecule has 0 saturated heterocycles. The summed E-state index contributed by atoms with van der Waals surface area (Å²) in [4.78, 5) is 20.3. The largest absolute Gasteiger partial charge is 0.480 e. The van der Waals surface area contributed by atoms with E-state index in [-0.39, 0.29) is 6.54 Å². The van der Waals surface area contributed by atoms with Gasteiger partial charge in [0.25, 0.3) is 0 Å². The van der Waals surface area contributed by atoms with Crippen LogP contribution in [0, 0.1) is 0 Å². The number of hydrogen-bond acceptors (Lipinski definition) is 4. The summed E-state index contributed by atoms with van der Waals surface area (Å²) in [5, 5.41) is 9.82. The van der Waals surface area contributed by atoms with Crippen molar-refractivity contribution in [1.29, 1.82) is 0 Å². The predicted molar refractivity (Wildman–Crippen MR) is 78.5 cm³/mol. The van der Waals surface area contributed by atoms with Gasteiger partial charge in [0.1, 0.15) is 6.54 Å². The number of imidazole rings is 1. The van der Waals surface area contributed by atoms with Gasteiger partial charge in [-0.15, -0.1) is 11.3 Å². The third kappa shape index (κ3) is 2.26. The molecule has 0 radical (unpaired) electrons. The van der Waals surface area contributed by atoms with Gasteiger partial charge in [-0.25, -0.2) is 4.98 Å². The number of nitrogens with zero attached hydrogens (tertiary/aromatic N) is 3. The minimum Gasteiger partial charge on any atom is -0.480 e. The smallest absolute Gasteiger partial charge is 0.323 e. The van der Waals surface area contributed by atoms with E-state index in [0.717, 1.165) is 4.88 Å². The van der Waals surface area contributed by atoms with Crippen LogP contribution < -0.4 is 0 Å². The zero-order chi connectivity index (χ0) is 14.3. The Kier molecular flexibility index (Phi) is 3.37. The molecule has 0 unspecified atom stereocenters. The minimum absolute atomic E-state index is 0.207. The van der Waals surface area contributed by atoms with Gasteiger partial charge in [-0.3, -0.25) is 9.78 Å². The summed E-state index contributed by atoms with van der Waals surface area (Å²) < 4.78 is 1.59. The lowest BCUT2D eigenvalue weighted by Crippen LogP contribution is -2.09. The van der Waals surface area contributed by atoms with E-state index in [1.54, 1.807) is 28.4 Å². The van der Waals surface area contributed by atoms with Crippen molar-refractivity contribution in [2.24, 2.45) is 0 Å². The molecule has 0 amide bonds. The summed E-state index contributed by atoms with van der Waals surface area (Å²) >= 11 is 13.4. The van der Waals surface area contributed by atoms with E-state index in [1.807, 2.05) is 0 Å². The SMILES string of the molecule is O=C(O)Cn1c(-c2cncs2)nc2cc(Cl)c(Cl)cc21. The van der Waals surface area contributed by atoms with Crippen LogP contribution in [0.15, 0.2) is 23.8 Å². The van der Waals surface area contributed by atoms with Crippen molar-refractivity contribution in [3.8, 4) is 10.7 Å². The maximum absolute atomic E-state index is 11.1. The first-order chi connectivity index (χ1) is 9.56. The lowest BCUT2D eigenvalue weighted by molar-refractivity contribution is -0.137. The Labute approximate surface area is 127 Å². The molecule has 3 aromatic rings. The van der Waals surface area contributed by atoms with Gasteiger partial charge in [-0.05, 0) is 12.1 Å². The average molecular weight is 328 g/mol. The zero-order valence-electron chi connectivity index (χ0n) is 9.88. The second-order valence-electron chi connectivity index (χ2n) is 4.04. The Morgan fingerprint density at radius 3 is 2.75 bits per heavy atom. The first-order valence-electron chi connectivity index (χ1n) is 5.52. The molecule has 3 rings (SSSR count). The number of aromatic nitrogens is 3. The van der Waals surface area contributed by atoms with E-state index in [9.17, 15) is 4.79 Å². The van der Waals surface area contributed by atoms with Crippen molar-refractivity contribution in [3.05, 3.63) is 33.9 Å². The molecule has 0 spiro atoms. The fourth-order valence-electron chi connectivity index (χ4n) is 1.93. The van der Waals surface area contributed by atoms with Crippen LogP contribution in [0.25, 0.3) is 21.7 Å². The molecule has 1 aromatic carbocycles. The number of halogens is 2.